The Hall–Kier alpha value is -1.46. The predicted octanol–water partition coefficient (Wildman–Crippen LogP) is 2.94. The van der Waals surface area contributed by atoms with E-state index in [-0.39, 0.29) is 10.0 Å². The number of esters is 1. The Morgan fingerprint density at radius 3 is 2.56 bits per heavy atom. The van der Waals surface area contributed by atoms with Crippen LogP contribution in [0.1, 0.15) is 12.5 Å². The lowest BCUT2D eigenvalue weighted by Crippen LogP contribution is -2.03. The molecule has 3 nitrogen and oxygen atoms in total. The summed E-state index contributed by atoms with van der Waals surface area (Å²) in [7, 11) is 0. The van der Waals surface area contributed by atoms with Crippen LogP contribution >= 0.6 is 22.7 Å². The van der Waals surface area contributed by atoms with Crippen molar-refractivity contribution in [2.75, 3.05) is 6.61 Å². The zero-order chi connectivity index (χ0) is 13.0. The molecule has 1 aromatic heterocycles. The van der Waals surface area contributed by atoms with Crippen molar-refractivity contribution in [1.82, 2.24) is 0 Å². The molecule has 0 bridgehead atoms. The number of hydrogen-bond acceptors (Lipinski definition) is 5. The van der Waals surface area contributed by atoms with Gasteiger partial charge in [0.05, 0.1) is 6.61 Å². The molecule has 0 unspecified atom stereocenters. The summed E-state index contributed by atoms with van der Waals surface area (Å²) in [5, 5.41) is 1.88. The lowest BCUT2D eigenvalue weighted by atomic mass is 10.1. The zero-order valence-electron chi connectivity index (χ0n) is 9.84. The van der Waals surface area contributed by atoms with Crippen LogP contribution in [0.2, 0.25) is 0 Å². The second-order valence-corrected chi connectivity index (χ2v) is 5.85. The molecule has 0 amide bonds. The average molecular weight is 280 g/mol. The van der Waals surface area contributed by atoms with Gasteiger partial charge in [-0.1, -0.05) is 46.9 Å². The van der Waals surface area contributed by atoms with E-state index in [0.717, 1.165) is 16.0 Å². The summed E-state index contributed by atoms with van der Waals surface area (Å²) >= 11 is 2.49. The van der Waals surface area contributed by atoms with Gasteiger partial charge in [0.25, 0.3) is 4.06 Å². The van der Waals surface area contributed by atoms with Crippen LogP contribution in [0.5, 0.6) is 0 Å². The number of hydrogen-bond donors (Lipinski definition) is 0. The van der Waals surface area contributed by atoms with Gasteiger partial charge in [-0.05, 0) is 11.1 Å². The van der Waals surface area contributed by atoms with E-state index >= 15 is 0 Å². The highest BCUT2D eigenvalue weighted by molar-refractivity contribution is 7.28. The lowest BCUT2D eigenvalue weighted by Gasteiger charge is -2.03. The Morgan fingerprint density at radius 2 is 2.00 bits per heavy atom. The van der Waals surface area contributed by atoms with Gasteiger partial charge >= 0.3 is 5.97 Å². The van der Waals surface area contributed by atoms with E-state index in [0.29, 0.717) is 13.0 Å². The molecular formula is C13H12O3S2. The van der Waals surface area contributed by atoms with Crippen molar-refractivity contribution >= 4 is 28.6 Å². The molecule has 0 atom stereocenters. The minimum Gasteiger partial charge on any atom is -0.466 e. The van der Waals surface area contributed by atoms with Gasteiger partial charge in [0.2, 0.25) is 0 Å². The number of ether oxygens (including phenoxy) is 1. The quantitative estimate of drug-likeness (QED) is 0.809. The summed E-state index contributed by atoms with van der Waals surface area (Å²) in [4.78, 5) is 22.7. The van der Waals surface area contributed by atoms with Gasteiger partial charge in [-0.2, -0.15) is 0 Å². The molecule has 1 aromatic carbocycles. The van der Waals surface area contributed by atoms with Crippen molar-refractivity contribution in [3.63, 3.8) is 0 Å². The topological polar surface area (TPSA) is 43.4 Å². The first-order valence-corrected chi connectivity index (χ1v) is 7.16. The Bertz CT molecular complexity index is 581. The lowest BCUT2D eigenvalue weighted by molar-refractivity contribution is -0.140. The molecular weight excluding hydrogens is 268 g/mol. The molecule has 18 heavy (non-hydrogen) atoms. The molecule has 5 heteroatoms. The molecule has 2 aromatic rings. The third-order valence-electron chi connectivity index (χ3n) is 2.39. The highest BCUT2D eigenvalue weighted by Gasteiger charge is 2.02. The minimum absolute atomic E-state index is 0.115. The second-order valence-electron chi connectivity index (χ2n) is 3.74. The fourth-order valence-electron chi connectivity index (χ4n) is 1.51. The molecule has 0 aliphatic carbocycles. The van der Waals surface area contributed by atoms with Gasteiger partial charge < -0.3 is 4.74 Å². The maximum atomic E-state index is 11.1. The molecule has 0 N–H and O–H groups in total. The zero-order valence-corrected chi connectivity index (χ0v) is 11.5. The van der Waals surface area contributed by atoms with E-state index in [9.17, 15) is 9.59 Å². The first-order valence-electron chi connectivity index (χ1n) is 5.46. The first-order chi connectivity index (χ1) is 8.65. The number of rotatable bonds is 4. The van der Waals surface area contributed by atoms with Crippen LogP contribution in [-0.2, 0) is 16.0 Å². The average Bonchev–Trinajstić information content (AvgIpc) is 2.76. The second kappa shape index (κ2) is 5.93. The van der Waals surface area contributed by atoms with E-state index in [1.165, 1.54) is 29.6 Å². The summed E-state index contributed by atoms with van der Waals surface area (Å²) in [6.45, 7) is 1.81. The highest BCUT2D eigenvalue weighted by Crippen LogP contribution is 2.24. The van der Waals surface area contributed by atoms with E-state index < -0.39 is 0 Å². The molecule has 0 radical (unpaired) electrons. The molecule has 0 spiro atoms. The van der Waals surface area contributed by atoms with Crippen LogP contribution in [0.25, 0.3) is 10.4 Å². The van der Waals surface area contributed by atoms with Crippen LogP contribution < -0.4 is 4.06 Å². The van der Waals surface area contributed by atoms with Crippen molar-refractivity contribution in [2.24, 2.45) is 0 Å². The molecule has 0 aliphatic rings. The normalized spacial score (nSPS) is 10.3. The SMILES string of the molecule is CC(=O)OCCc1ccc(-c2csc(=O)s2)cc1. The van der Waals surface area contributed by atoms with Crippen molar-refractivity contribution in [3.8, 4) is 10.4 Å². The molecule has 2 rings (SSSR count). The Labute approximate surface area is 113 Å². The predicted molar refractivity (Wildman–Crippen MR) is 74.2 cm³/mol. The standard InChI is InChI=1S/C13H12O3S2/c1-9(14)16-7-6-10-2-4-11(5-3-10)12-8-17-13(15)18-12/h2-5,8H,6-7H2,1H3. The van der Waals surface area contributed by atoms with Crippen LogP contribution in [0.4, 0.5) is 0 Å². The summed E-state index contributed by atoms with van der Waals surface area (Å²) in [6, 6.07) is 7.96. The smallest absolute Gasteiger partial charge is 0.302 e. The monoisotopic (exact) mass is 280 g/mol. The molecule has 0 aliphatic heterocycles. The van der Waals surface area contributed by atoms with Crippen molar-refractivity contribution in [2.45, 2.75) is 13.3 Å². The third kappa shape index (κ3) is 3.51. The number of carbonyl (C=O) groups excluding carboxylic acids is 1. The molecule has 0 saturated carbocycles. The van der Waals surface area contributed by atoms with Crippen molar-refractivity contribution in [3.05, 3.63) is 44.1 Å². The maximum Gasteiger partial charge on any atom is 0.302 e. The summed E-state index contributed by atoms with van der Waals surface area (Å²) in [6.07, 6.45) is 0.708. The van der Waals surface area contributed by atoms with Crippen molar-refractivity contribution < 1.29 is 9.53 Å². The van der Waals surface area contributed by atoms with Crippen LogP contribution in [0, 0.1) is 0 Å². The maximum absolute atomic E-state index is 11.1. The van der Waals surface area contributed by atoms with Crippen LogP contribution in [0.3, 0.4) is 0 Å². The largest absolute Gasteiger partial charge is 0.466 e. The fourth-order valence-corrected chi connectivity index (χ4v) is 3.23. The summed E-state index contributed by atoms with van der Waals surface area (Å²) < 4.78 is 5.00. The fraction of sp³-hybridized carbons (Fsp3) is 0.231. The van der Waals surface area contributed by atoms with Crippen LogP contribution in [0.15, 0.2) is 34.4 Å². The highest BCUT2D eigenvalue weighted by atomic mass is 32.2. The minimum atomic E-state index is -0.255. The molecule has 94 valence electrons. The van der Waals surface area contributed by atoms with E-state index in [1.54, 1.807) is 0 Å². The van der Waals surface area contributed by atoms with Gasteiger partial charge in [-0.25, -0.2) is 0 Å². The van der Waals surface area contributed by atoms with Crippen molar-refractivity contribution in [1.29, 1.82) is 0 Å². The number of benzene rings is 1. The van der Waals surface area contributed by atoms with Crippen LogP contribution in [-0.4, -0.2) is 12.6 Å². The summed E-state index contributed by atoms with van der Waals surface area (Å²) in [5.74, 6) is -0.255. The van der Waals surface area contributed by atoms with E-state index in [4.69, 9.17) is 4.74 Å². The Morgan fingerprint density at radius 1 is 1.28 bits per heavy atom. The van der Waals surface area contributed by atoms with Gasteiger partial charge in [0, 0.05) is 23.6 Å². The molecule has 1 heterocycles. The first kappa shape index (κ1) is 13.0. The van der Waals surface area contributed by atoms with Gasteiger partial charge in [-0.15, -0.1) is 0 Å². The number of carbonyl (C=O) groups is 1. The van der Waals surface area contributed by atoms with E-state index in [2.05, 4.69) is 0 Å². The van der Waals surface area contributed by atoms with Gasteiger partial charge in [0.15, 0.2) is 0 Å². The van der Waals surface area contributed by atoms with Gasteiger partial charge in [-0.3, -0.25) is 9.59 Å². The molecule has 0 saturated heterocycles. The third-order valence-corrected chi connectivity index (χ3v) is 4.36. The summed E-state index contributed by atoms with van der Waals surface area (Å²) in [5.41, 5.74) is 2.16. The Balaban J connectivity index is 2.01. The van der Waals surface area contributed by atoms with E-state index in [1.807, 2.05) is 29.6 Å². The Kier molecular flexibility index (Phi) is 4.28. The molecule has 0 fully saturated rings. The van der Waals surface area contributed by atoms with Gasteiger partial charge in [0.1, 0.15) is 0 Å².